The highest BCUT2D eigenvalue weighted by molar-refractivity contribution is 7.13. The van der Waals surface area contributed by atoms with Crippen molar-refractivity contribution in [2.75, 3.05) is 13.1 Å². The lowest BCUT2D eigenvalue weighted by atomic mass is 9.87. The molecule has 0 amide bonds. The van der Waals surface area contributed by atoms with Crippen molar-refractivity contribution in [1.29, 1.82) is 0 Å². The third kappa shape index (κ3) is 4.35. The molecule has 5 rings (SSSR count). The molecule has 1 saturated heterocycles. The SMILES string of the molecule is OC(c1ccc(-c2nc(CN3CCC4(CC3)Cc3ccncc3O4)cs2)cc1)(C(F)(F)F)C(F)(F)F. The van der Waals surface area contributed by atoms with Gasteiger partial charge in [0.15, 0.2) is 0 Å². The minimum absolute atomic E-state index is 0.217. The number of nitrogens with zero attached hydrogens (tertiary/aromatic N) is 3. The summed E-state index contributed by atoms with van der Waals surface area (Å²) in [6.45, 7) is 2.17. The van der Waals surface area contributed by atoms with Crippen molar-refractivity contribution in [2.45, 2.75) is 49.4 Å². The van der Waals surface area contributed by atoms with Gasteiger partial charge in [-0.15, -0.1) is 11.3 Å². The molecule has 0 atom stereocenters. The average Bonchev–Trinajstić information content (AvgIpc) is 3.43. The third-order valence-electron chi connectivity index (χ3n) is 6.78. The van der Waals surface area contributed by atoms with Crippen molar-refractivity contribution < 1.29 is 36.2 Å². The fraction of sp³-hybridized carbons (Fsp3) is 0.417. The maximum Gasteiger partial charge on any atom is 0.430 e. The van der Waals surface area contributed by atoms with Crippen LogP contribution in [-0.4, -0.2) is 51.0 Å². The molecule has 0 radical (unpaired) electrons. The number of aliphatic hydroxyl groups is 1. The summed E-state index contributed by atoms with van der Waals surface area (Å²) in [7, 11) is 0. The third-order valence-corrected chi connectivity index (χ3v) is 7.72. The highest BCUT2D eigenvalue weighted by Gasteiger charge is 2.71. The number of hydrogen-bond donors (Lipinski definition) is 1. The van der Waals surface area contributed by atoms with Crippen LogP contribution >= 0.6 is 11.3 Å². The number of fused-ring (bicyclic) bond motifs is 1. The molecule has 0 aliphatic carbocycles. The number of likely N-dealkylation sites (tertiary alicyclic amines) is 1. The van der Waals surface area contributed by atoms with Gasteiger partial charge in [0.2, 0.25) is 0 Å². The summed E-state index contributed by atoms with van der Waals surface area (Å²) in [5.74, 6) is 0.838. The highest BCUT2D eigenvalue weighted by atomic mass is 32.1. The number of aromatic nitrogens is 2. The van der Waals surface area contributed by atoms with E-state index in [0.717, 1.165) is 61.5 Å². The molecular formula is C24H21F6N3O2S. The lowest BCUT2D eigenvalue weighted by Crippen LogP contribution is -2.53. The Hall–Kier alpha value is -2.70. The van der Waals surface area contributed by atoms with Crippen LogP contribution in [0.5, 0.6) is 5.75 Å². The number of alkyl halides is 6. The largest absolute Gasteiger partial charge is 0.485 e. The number of halogens is 6. The van der Waals surface area contributed by atoms with E-state index in [0.29, 0.717) is 29.2 Å². The van der Waals surface area contributed by atoms with Gasteiger partial charge in [0.1, 0.15) is 16.4 Å². The first-order chi connectivity index (χ1) is 16.9. The number of ether oxygens (including phenoxy) is 1. The van der Waals surface area contributed by atoms with E-state index in [4.69, 9.17) is 4.74 Å². The van der Waals surface area contributed by atoms with Crippen LogP contribution in [0.2, 0.25) is 0 Å². The molecule has 1 fully saturated rings. The van der Waals surface area contributed by atoms with Crippen LogP contribution in [0.25, 0.3) is 10.6 Å². The van der Waals surface area contributed by atoms with Crippen molar-refractivity contribution in [2.24, 2.45) is 0 Å². The second kappa shape index (κ2) is 8.70. The van der Waals surface area contributed by atoms with Gasteiger partial charge in [-0.05, 0) is 6.07 Å². The lowest BCUT2D eigenvalue weighted by Gasteiger charge is -2.38. The van der Waals surface area contributed by atoms with Gasteiger partial charge in [0.05, 0.1) is 11.9 Å². The number of hydrogen-bond acceptors (Lipinski definition) is 6. The van der Waals surface area contributed by atoms with Crippen molar-refractivity contribution in [1.82, 2.24) is 14.9 Å². The smallest absolute Gasteiger partial charge is 0.430 e. The van der Waals surface area contributed by atoms with Gasteiger partial charge in [-0.2, -0.15) is 26.3 Å². The van der Waals surface area contributed by atoms with Crippen LogP contribution in [0, 0.1) is 0 Å². The molecule has 5 nitrogen and oxygen atoms in total. The summed E-state index contributed by atoms with van der Waals surface area (Å²) >= 11 is 1.25. The summed E-state index contributed by atoms with van der Waals surface area (Å²) in [6, 6.07) is 5.46. The lowest BCUT2D eigenvalue weighted by molar-refractivity contribution is -0.376. The zero-order valence-electron chi connectivity index (χ0n) is 18.7. The summed E-state index contributed by atoms with van der Waals surface area (Å²) in [5, 5.41) is 11.8. The number of benzene rings is 1. The fourth-order valence-corrected chi connectivity index (χ4v) is 5.56. The molecule has 12 heteroatoms. The van der Waals surface area contributed by atoms with Crippen LogP contribution in [0.15, 0.2) is 48.1 Å². The summed E-state index contributed by atoms with van der Waals surface area (Å²) in [4.78, 5) is 10.9. The summed E-state index contributed by atoms with van der Waals surface area (Å²) < 4.78 is 84.8. The van der Waals surface area contributed by atoms with E-state index in [-0.39, 0.29) is 5.60 Å². The van der Waals surface area contributed by atoms with Gasteiger partial charge in [0, 0.05) is 67.2 Å². The Morgan fingerprint density at radius 1 is 1.00 bits per heavy atom. The molecule has 2 aliphatic rings. The highest BCUT2D eigenvalue weighted by Crippen LogP contribution is 2.50. The number of piperidine rings is 1. The molecule has 0 bridgehead atoms. The predicted molar refractivity (Wildman–Crippen MR) is 119 cm³/mol. The molecule has 3 aromatic rings. The van der Waals surface area contributed by atoms with Crippen LogP contribution in [0.3, 0.4) is 0 Å². The molecule has 4 heterocycles. The van der Waals surface area contributed by atoms with Crippen molar-refractivity contribution in [3.63, 3.8) is 0 Å². The fourth-order valence-electron chi connectivity index (χ4n) is 4.74. The summed E-state index contributed by atoms with van der Waals surface area (Å²) in [5.41, 5.74) is -4.16. The first-order valence-corrected chi connectivity index (χ1v) is 12.0. The average molecular weight is 530 g/mol. The topological polar surface area (TPSA) is 58.5 Å². The van der Waals surface area contributed by atoms with E-state index in [1.807, 2.05) is 11.4 Å². The van der Waals surface area contributed by atoms with E-state index in [2.05, 4.69) is 14.9 Å². The van der Waals surface area contributed by atoms with Crippen LogP contribution in [-0.2, 0) is 18.6 Å². The van der Waals surface area contributed by atoms with E-state index >= 15 is 0 Å². The minimum atomic E-state index is -5.92. The molecular weight excluding hydrogens is 508 g/mol. The molecule has 0 saturated carbocycles. The second-order valence-corrected chi connectivity index (χ2v) is 10.0. The van der Waals surface area contributed by atoms with Crippen molar-refractivity contribution in [3.8, 4) is 16.3 Å². The first kappa shape index (κ1) is 25.0. The van der Waals surface area contributed by atoms with Crippen LogP contribution < -0.4 is 4.74 Å². The number of pyridine rings is 1. The minimum Gasteiger partial charge on any atom is -0.485 e. The Labute approximate surface area is 206 Å². The molecule has 36 heavy (non-hydrogen) atoms. The number of rotatable bonds is 4. The van der Waals surface area contributed by atoms with E-state index < -0.39 is 23.5 Å². The Balaban J connectivity index is 1.23. The van der Waals surface area contributed by atoms with Crippen molar-refractivity contribution in [3.05, 3.63) is 64.9 Å². The predicted octanol–water partition coefficient (Wildman–Crippen LogP) is 5.49. The normalized spacial score (nSPS) is 18.3. The zero-order valence-corrected chi connectivity index (χ0v) is 19.6. The maximum absolute atomic E-state index is 13.1. The molecule has 2 aliphatic heterocycles. The van der Waals surface area contributed by atoms with Gasteiger partial charge >= 0.3 is 12.4 Å². The Morgan fingerprint density at radius 2 is 1.67 bits per heavy atom. The van der Waals surface area contributed by atoms with Gasteiger partial charge in [-0.25, -0.2) is 4.98 Å². The van der Waals surface area contributed by atoms with Crippen molar-refractivity contribution >= 4 is 11.3 Å². The van der Waals surface area contributed by atoms with Gasteiger partial charge < -0.3 is 9.84 Å². The second-order valence-electron chi connectivity index (χ2n) is 9.15. The first-order valence-electron chi connectivity index (χ1n) is 11.2. The van der Waals surface area contributed by atoms with E-state index in [9.17, 15) is 31.4 Å². The Bertz CT molecular complexity index is 1190. The van der Waals surface area contributed by atoms with Gasteiger partial charge in [0.25, 0.3) is 5.60 Å². The van der Waals surface area contributed by atoms with Crippen LogP contribution in [0.1, 0.15) is 29.7 Å². The molecule has 192 valence electrons. The molecule has 1 N–H and O–H groups in total. The molecule has 0 unspecified atom stereocenters. The Kier molecular flexibility index (Phi) is 6.04. The molecule has 2 aromatic heterocycles. The summed E-state index contributed by atoms with van der Waals surface area (Å²) in [6.07, 6.45) is -5.78. The zero-order chi connectivity index (χ0) is 25.8. The monoisotopic (exact) mass is 529 g/mol. The van der Waals surface area contributed by atoms with Gasteiger partial charge in [-0.3, -0.25) is 9.88 Å². The quantitative estimate of drug-likeness (QED) is 0.454. The van der Waals surface area contributed by atoms with E-state index in [1.165, 1.54) is 11.3 Å². The molecule has 1 spiro atoms. The number of thiazole rings is 1. The maximum atomic E-state index is 13.1. The molecule has 1 aromatic carbocycles. The Morgan fingerprint density at radius 3 is 2.28 bits per heavy atom. The van der Waals surface area contributed by atoms with E-state index in [1.54, 1.807) is 12.4 Å². The standard InChI is InChI=1S/C24H21F6N3O2S/c25-23(26,27)22(34,24(28,29)30)17-3-1-15(2-4-17)20-32-18(14-36-20)13-33-9-6-21(7-10-33)11-16-5-8-31-12-19(16)35-21/h1-5,8,12,14,34H,6-7,9-11,13H2. The van der Waals surface area contributed by atoms with Gasteiger partial charge in [-0.1, -0.05) is 24.3 Å². The van der Waals surface area contributed by atoms with Crippen LogP contribution in [0.4, 0.5) is 26.3 Å².